The first-order chi connectivity index (χ1) is 8.12. The number of nitrogens with zero attached hydrogens (tertiary/aromatic N) is 1. The standard InChI is InChI=1S/C15H30N2/c1-5-15(6-2)11-17(13(4)10-16-15)14-9-7-8-12(14)3/h12-14,16H,5-11H2,1-4H3. The second kappa shape index (κ2) is 5.27. The fraction of sp³-hybridized carbons (Fsp3) is 1.00. The monoisotopic (exact) mass is 238 g/mol. The molecule has 1 saturated carbocycles. The molecular formula is C15H30N2. The van der Waals surface area contributed by atoms with Gasteiger partial charge in [0.2, 0.25) is 0 Å². The second-order valence-electron chi connectivity index (χ2n) is 6.37. The van der Waals surface area contributed by atoms with E-state index < -0.39 is 0 Å². The van der Waals surface area contributed by atoms with E-state index in [1.807, 2.05) is 0 Å². The molecule has 1 saturated heterocycles. The number of hydrogen-bond donors (Lipinski definition) is 1. The van der Waals surface area contributed by atoms with Crippen LogP contribution in [0.3, 0.4) is 0 Å². The molecule has 1 aliphatic heterocycles. The van der Waals surface area contributed by atoms with E-state index in [0.29, 0.717) is 11.6 Å². The first kappa shape index (κ1) is 13.4. The normalized spacial score (nSPS) is 38.5. The Morgan fingerprint density at radius 1 is 1.18 bits per heavy atom. The van der Waals surface area contributed by atoms with Gasteiger partial charge in [-0.05, 0) is 38.5 Å². The topological polar surface area (TPSA) is 15.3 Å². The Morgan fingerprint density at radius 3 is 2.41 bits per heavy atom. The van der Waals surface area contributed by atoms with Crippen molar-refractivity contribution in [3.63, 3.8) is 0 Å². The highest BCUT2D eigenvalue weighted by atomic mass is 15.3. The molecule has 0 amide bonds. The zero-order valence-corrected chi connectivity index (χ0v) is 12.1. The molecule has 3 atom stereocenters. The summed E-state index contributed by atoms with van der Waals surface area (Å²) < 4.78 is 0. The molecule has 1 aliphatic carbocycles. The van der Waals surface area contributed by atoms with Gasteiger partial charge in [0.25, 0.3) is 0 Å². The van der Waals surface area contributed by atoms with Crippen molar-refractivity contribution in [1.82, 2.24) is 10.2 Å². The largest absolute Gasteiger partial charge is 0.308 e. The van der Waals surface area contributed by atoms with E-state index >= 15 is 0 Å². The van der Waals surface area contributed by atoms with Crippen molar-refractivity contribution in [2.24, 2.45) is 5.92 Å². The van der Waals surface area contributed by atoms with Crippen LogP contribution < -0.4 is 5.32 Å². The molecule has 2 nitrogen and oxygen atoms in total. The van der Waals surface area contributed by atoms with Gasteiger partial charge in [-0.1, -0.05) is 27.2 Å². The summed E-state index contributed by atoms with van der Waals surface area (Å²) in [4.78, 5) is 2.82. The van der Waals surface area contributed by atoms with Gasteiger partial charge in [-0.15, -0.1) is 0 Å². The molecule has 17 heavy (non-hydrogen) atoms. The Labute approximate surface area is 107 Å². The van der Waals surface area contributed by atoms with E-state index in [0.717, 1.165) is 12.0 Å². The summed E-state index contributed by atoms with van der Waals surface area (Å²) >= 11 is 0. The Hall–Kier alpha value is -0.0800. The van der Waals surface area contributed by atoms with Gasteiger partial charge in [-0.25, -0.2) is 0 Å². The summed E-state index contributed by atoms with van der Waals surface area (Å²) in [6.07, 6.45) is 6.82. The highest BCUT2D eigenvalue weighted by molar-refractivity contribution is 4.99. The van der Waals surface area contributed by atoms with Gasteiger partial charge >= 0.3 is 0 Å². The molecular weight excluding hydrogens is 208 g/mol. The summed E-state index contributed by atoms with van der Waals surface area (Å²) in [5, 5.41) is 3.81. The van der Waals surface area contributed by atoms with Gasteiger partial charge < -0.3 is 5.32 Å². The zero-order chi connectivity index (χ0) is 12.5. The van der Waals surface area contributed by atoms with E-state index in [-0.39, 0.29) is 0 Å². The lowest BCUT2D eigenvalue weighted by atomic mass is 9.87. The van der Waals surface area contributed by atoms with E-state index in [1.165, 1.54) is 45.2 Å². The van der Waals surface area contributed by atoms with Crippen molar-refractivity contribution >= 4 is 0 Å². The Kier molecular flexibility index (Phi) is 4.14. The maximum atomic E-state index is 3.81. The zero-order valence-electron chi connectivity index (χ0n) is 12.1. The maximum absolute atomic E-state index is 3.81. The molecule has 0 aromatic rings. The molecule has 0 aromatic heterocycles. The number of hydrogen-bond acceptors (Lipinski definition) is 2. The first-order valence-corrected chi connectivity index (χ1v) is 7.62. The van der Waals surface area contributed by atoms with Crippen LogP contribution in [0.4, 0.5) is 0 Å². The Bertz CT molecular complexity index is 247. The lowest BCUT2D eigenvalue weighted by Crippen LogP contribution is -2.65. The third-order valence-corrected chi connectivity index (χ3v) is 5.42. The van der Waals surface area contributed by atoms with E-state index in [2.05, 4.69) is 37.9 Å². The molecule has 2 fully saturated rings. The van der Waals surface area contributed by atoms with Crippen LogP contribution in [0.15, 0.2) is 0 Å². The van der Waals surface area contributed by atoms with Crippen LogP contribution in [-0.2, 0) is 0 Å². The van der Waals surface area contributed by atoms with E-state index in [4.69, 9.17) is 0 Å². The Morgan fingerprint density at radius 2 is 1.88 bits per heavy atom. The molecule has 0 spiro atoms. The fourth-order valence-electron chi connectivity index (χ4n) is 3.83. The van der Waals surface area contributed by atoms with Crippen molar-refractivity contribution in [1.29, 1.82) is 0 Å². The fourth-order valence-corrected chi connectivity index (χ4v) is 3.83. The molecule has 1 heterocycles. The summed E-state index contributed by atoms with van der Waals surface area (Å²) in [7, 11) is 0. The van der Waals surface area contributed by atoms with Crippen LogP contribution in [0.2, 0.25) is 0 Å². The van der Waals surface area contributed by atoms with Crippen LogP contribution in [0.5, 0.6) is 0 Å². The smallest absolute Gasteiger partial charge is 0.0304 e. The van der Waals surface area contributed by atoms with Crippen molar-refractivity contribution in [2.75, 3.05) is 13.1 Å². The highest BCUT2D eigenvalue weighted by Gasteiger charge is 2.40. The third-order valence-electron chi connectivity index (χ3n) is 5.42. The molecule has 2 aliphatic rings. The predicted octanol–water partition coefficient (Wildman–Crippen LogP) is 3.03. The minimum absolute atomic E-state index is 0.384. The quantitative estimate of drug-likeness (QED) is 0.813. The maximum Gasteiger partial charge on any atom is 0.0304 e. The Balaban J connectivity index is 2.09. The van der Waals surface area contributed by atoms with Crippen LogP contribution in [0.25, 0.3) is 0 Å². The molecule has 1 N–H and O–H groups in total. The number of rotatable bonds is 3. The molecule has 0 bridgehead atoms. The molecule has 3 unspecified atom stereocenters. The summed E-state index contributed by atoms with van der Waals surface area (Å²) in [6, 6.07) is 1.57. The molecule has 100 valence electrons. The molecule has 0 radical (unpaired) electrons. The molecule has 0 aromatic carbocycles. The third kappa shape index (κ3) is 2.53. The predicted molar refractivity (Wildman–Crippen MR) is 74.3 cm³/mol. The summed E-state index contributed by atoms with van der Waals surface area (Å²) in [5.41, 5.74) is 0.384. The number of nitrogens with one attached hydrogen (secondary N) is 1. The number of piperazine rings is 1. The van der Waals surface area contributed by atoms with E-state index in [1.54, 1.807) is 0 Å². The van der Waals surface area contributed by atoms with Gasteiger partial charge in [-0.2, -0.15) is 0 Å². The second-order valence-corrected chi connectivity index (χ2v) is 6.37. The summed E-state index contributed by atoms with van der Waals surface area (Å²) in [5.74, 6) is 0.905. The molecule has 2 rings (SSSR count). The van der Waals surface area contributed by atoms with Crippen molar-refractivity contribution in [3.8, 4) is 0 Å². The van der Waals surface area contributed by atoms with Gasteiger partial charge in [0.1, 0.15) is 0 Å². The molecule has 2 heteroatoms. The lowest BCUT2D eigenvalue weighted by molar-refractivity contribution is 0.0326. The van der Waals surface area contributed by atoms with Crippen molar-refractivity contribution < 1.29 is 0 Å². The average Bonchev–Trinajstić information content (AvgIpc) is 2.77. The van der Waals surface area contributed by atoms with Gasteiger partial charge in [0.15, 0.2) is 0 Å². The minimum atomic E-state index is 0.384. The van der Waals surface area contributed by atoms with Crippen molar-refractivity contribution in [2.45, 2.75) is 77.4 Å². The van der Waals surface area contributed by atoms with Crippen LogP contribution in [0, 0.1) is 5.92 Å². The first-order valence-electron chi connectivity index (χ1n) is 7.62. The van der Waals surface area contributed by atoms with Gasteiger partial charge in [-0.3, -0.25) is 4.90 Å². The SMILES string of the molecule is CCC1(CC)CN(C2CCCC2C)C(C)CN1. The summed E-state index contributed by atoms with van der Waals surface area (Å²) in [6.45, 7) is 12.0. The minimum Gasteiger partial charge on any atom is -0.308 e. The van der Waals surface area contributed by atoms with Crippen LogP contribution >= 0.6 is 0 Å². The average molecular weight is 238 g/mol. The van der Waals surface area contributed by atoms with E-state index in [9.17, 15) is 0 Å². The lowest BCUT2D eigenvalue weighted by Gasteiger charge is -2.49. The van der Waals surface area contributed by atoms with Crippen molar-refractivity contribution in [3.05, 3.63) is 0 Å². The van der Waals surface area contributed by atoms with Crippen LogP contribution in [-0.4, -0.2) is 35.6 Å². The van der Waals surface area contributed by atoms with Gasteiger partial charge in [0, 0.05) is 30.7 Å². The van der Waals surface area contributed by atoms with Gasteiger partial charge in [0.05, 0.1) is 0 Å². The van der Waals surface area contributed by atoms with Crippen LogP contribution in [0.1, 0.15) is 59.8 Å². The highest BCUT2D eigenvalue weighted by Crippen LogP contribution is 2.34.